The molecule has 4 rings (SSSR count). The Labute approximate surface area is 157 Å². The molecule has 0 radical (unpaired) electrons. The fraction of sp³-hybridized carbons (Fsp3) is 0.526. The van der Waals surface area contributed by atoms with E-state index in [-0.39, 0.29) is 25.4 Å². The van der Waals surface area contributed by atoms with Gasteiger partial charge in [0, 0.05) is 25.6 Å². The Morgan fingerprint density at radius 1 is 1.41 bits per heavy atom. The van der Waals surface area contributed by atoms with Crippen molar-refractivity contribution in [2.24, 2.45) is 0 Å². The fourth-order valence-electron chi connectivity index (χ4n) is 4.00. The highest BCUT2D eigenvalue weighted by Gasteiger charge is 2.36. The molecule has 0 saturated carbocycles. The molecule has 2 saturated heterocycles. The zero-order chi connectivity index (χ0) is 18.8. The van der Waals surface area contributed by atoms with Gasteiger partial charge in [0.15, 0.2) is 0 Å². The quantitative estimate of drug-likeness (QED) is 0.858. The van der Waals surface area contributed by atoms with Crippen molar-refractivity contribution >= 4 is 22.6 Å². The number of rotatable bonds is 4. The molecule has 2 aliphatic heterocycles. The average Bonchev–Trinajstić information content (AvgIpc) is 3.30. The van der Waals surface area contributed by atoms with Gasteiger partial charge in [0.25, 0.3) is 0 Å². The van der Waals surface area contributed by atoms with Crippen LogP contribution in [0.15, 0.2) is 24.5 Å². The number of aromatic nitrogens is 2. The topological polar surface area (TPSA) is 88.0 Å². The first-order chi connectivity index (χ1) is 13.1. The number of alkyl halides is 1. The molecule has 0 aliphatic carbocycles. The number of nitriles is 1. The summed E-state index contributed by atoms with van der Waals surface area (Å²) in [6.07, 6.45) is 2.58. The molecule has 1 aromatic carbocycles. The van der Waals surface area contributed by atoms with Gasteiger partial charge in [0.1, 0.15) is 17.7 Å². The van der Waals surface area contributed by atoms with Gasteiger partial charge in [-0.2, -0.15) is 5.26 Å². The largest absolute Gasteiger partial charge is 0.380 e. The minimum absolute atomic E-state index is 0.0444. The van der Waals surface area contributed by atoms with Gasteiger partial charge in [-0.3, -0.25) is 9.69 Å². The van der Waals surface area contributed by atoms with Crippen LogP contribution in [0.25, 0.3) is 11.0 Å². The van der Waals surface area contributed by atoms with Crippen LogP contribution < -0.4 is 5.32 Å². The van der Waals surface area contributed by atoms with Crippen LogP contribution in [0.3, 0.4) is 0 Å². The van der Waals surface area contributed by atoms with Crippen molar-refractivity contribution < 1.29 is 9.18 Å². The summed E-state index contributed by atoms with van der Waals surface area (Å²) >= 11 is 0. The van der Waals surface area contributed by atoms with E-state index in [1.807, 2.05) is 24.3 Å². The van der Waals surface area contributed by atoms with Crippen LogP contribution >= 0.6 is 0 Å². The van der Waals surface area contributed by atoms with Gasteiger partial charge in [0.2, 0.25) is 5.91 Å². The van der Waals surface area contributed by atoms with Gasteiger partial charge in [-0.05, 0) is 25.0 Å². The van der Waals surface area contributed by atoms with E-state index in [4.69, 9.17) is 5.26 Å². The highest BCUT2D eigenvalue weighted by atomic mass is 19.1. The number of hydrogen-bond acceptors (Lipinski definition) is 5. The summed E-state index contributed by atoms with van der Waals surface area (Å²) in [5.74, 6) is -0.144. The number of amides is 1. The molecule has 2 aliphatic rings. The number of aromatic amines is 1. The van der Waals surface area contributed by atoms with Gasteiger partial charge in [-0.25, -0.2) is 9.37 Å². The first-order valence-electron chi connectivity index (χ1n) is 9.38. The molecule has 142 valence electrons. The zero-order valence-electron chi connectivity index (χ0n) is 15.1. The van der Waals surface area contributed by atoms with Crippen molar-refractivity contribution in [3.63, 3.8) is 0 Å². The molecule has 0 bridgehead atoms. The minimum Gasteiger partial charge on any atom is -0.380 e. The first kappa shape index (κ1) is 17.7. The second-order valence-electron chi connectivity index (χ2n) is 7.32. The molecule has 0 spiro atoms. The molecule has 8 heteroatoms. The first-order valence-corrected chi connectivity index (χ1v) is 9.38. The van der Waals surface area contributed by atoms with Gasteiger partial charge < -0.3 is 15.2 Å². The van der Waals surface area contributed by atoms with E-state index in [2.05, 4.69) is 20.2 Å². The number of halogens is 1. The maximum absolute atomic E-state index is 13.5. The summed E-state index contributed by atoms with van der Waals surface area (Å²) < 4.78 is 13.5. The number of imidazole rings is 1. The van der Waals surface area contributed by atoms with Crippen LogP contribution in [0.2, 0.25) is 0 Å². The van der Waals surface area contributed by atoms with Crippen molar-refractivity contribution in [3.05, 3.63) is 24.5 Å². The molecule has 2 N–H and O–H groups in total. The Bertz CT molecular complexity index is 853. The molecule has 2 fully saturated rings. The van der Waals surface area contributed by atoms with E-state index in [0.29, 0.717) is 6.04 Å². The van der Waals surface area contributed by atoms with Crippen LogP contribution in [0.4, 0.5) is 10.1 Å². The number of nitrogens with zero attached hydrogens (tertiary/aromatic N) is 4. The lowest BCUT2D eigenvalue weighted by molar-refractivity contribution is -0.132. The number of fused-ring (bicyclic) bond motifs is 1. The van der Waals surface area contributed by atoms with E-state index in [1.165, 1.54) is 4.90 Å². The average molecular weight is 370 g/mol. The number of H-pyrrole nitrogens is 1. The standard InChI is InChI=1S/C19H23FN6O/c20-13-8-15(9-21)26(10-13)18(27)11-25-6-4-14(5-7-25)24-17-3-1-2-16-19(17)23-12-22-16/h1-3,12-15,24H,4-8,10-11H2,(H,22,23)/t13-,15-/m0/s1. The maximum Gasteiger partial charge on any atom is 0.237 e. The third kappa shape index (κ3) is 3.74. The smallest absolute Gasteiger partial charge is 0.237 e. The van der Waals surface area contributed by atoms with Crippen LogP contribution in [-0.4, -0.2) is 70.1 Å². The monoisotopic (exact) mass is 370 g/mol. The van der Waals surface area contributed by atoms with E-state index in [1.54, 1.807) is 6.33 Å². The van der Waals surface area contributed by atoms with Gasteiger partial charge in [0.05, 0.1) is 36.7 Å². The highest BCUT2D eigenvalue weighted by Crippen LogP contribution is 2.24. The van der Waals surface area contributed by atoms with Crippen LogP contribution in [-0.2, 0) is 4.79 Å². The second kappa shape index (κ2) is 7.53. The predicted molar refractivity (Wildman–Crippen MR) is 99.8 cm³/mol. The fourth-order valence-corrected chi connectivity index (χ4v) is 4.00. The van der Waals surface area contributed by atoms with Gasteiger partial charge in [-0.1, -0.05) is 6.07 Å². The SMILES string of the molecule is N#C[C@@H]1C[C@H](F)CN1C(=O)CN1CCC(Nc2cccc3[nH]cnc23)CC1. The lowest BCUT2D eigenvalue weighted by Crippen LogP contribution is -2.46. The number of piperidine rings is 1. The molecule has 3 heterocycles. The molecule has 1 amide bonds. The maximum atomic E-state index is 13.5. The molecule has 27 heavy (non-hydrogen) atoms. The van der Waals surface area contributed by atoms with Crippen LogP contribution in [0.1, 0.15) is 19.3 Å². The molecule has 2 aromatic rings. The van der Waals surface area contributed by atoms with Crippen molar-refractivity contribution in [1.29, 1.82) is 5.26 Å². The van der Waals surface area contributed by atoms with Crippen LogP contribution in [0.5, 0.6) is 0 Å². The number of likely N-dealkylation sites (tertiary alicyclic amines) is 2. The second-order valence-corrected chi connectivity index (χ2v) is 7.32. The number of benzene rings is 1. The molecular weight excluding hydrogens is 347 g/mol. The molecule has 0 unspecified atom stereocenters. The Hall–Kier alpha value is -2.66. The predicted octanol–water partition coefficient (Wildman–Crippen LogP) is 1.90. The molecular formula is C19H23FN6O. The molecule has 2 atom stereocenters. The lowest BCUT2D eigenvalue weighted by atomic mass is 10.0. The summed E-state index contributed by atoms with van der Waals surface area (Å²) in [4.78, 5) is 23.4. The third-order valence-electron chi connectivity index (χ3n) is 5.48. The summed E-state index contributed by atoms with van der Waals surface area (Å²) in [5, 5.41) is 12.7. The van der Waals surface area contributed by atoms with E-state index < -0.39 is 12.2 Å². The Morgan fingerprint density at radius 3 is 3.00 bits per heavy atom. The minimum atomic E-state index is -1.08. The highest BCUT2D eigenvalue weighted by molar-refractivity contribution is 5.87. The molecule has 7 nitrogen and oxygen atoms in total. The normalized spacial score (nSPS) is 24.2. The number of carbonyl (C=O) groups excluding carboxylic acids is 1. The summed E-state index contributed by atoms with van der Waals surface area (Å²) in [5.41, 5.74) is 2.96. The Balaban J connectivity index is 1.30. The van der Waals surface area contributed by atoms with Crippen molar-refractivity contribution in [3.8, 4) is 6.07 Å². The van der Waals surface area contributed by atoms with Crippen molar-refractivity contribution in [2.75, 3.05) is 31.5 Å². The van der Waals surface area contributed by atoms with Crippen LogP contribution in [0, 0.1) is 11.3 Å². The Kier molecular flexibility index (Phi) is 4.94. The lowest BCUT2D eigenvalue weighted by Gasteiger charge is -2.33. The number of anilines is 1. The van der Waals surface area contributed by atoms with Gasteiger partial charge in [-0.15, -0.1) is 0 Å². The summed E-state index contributed by atoms with van der Waals surface area (Å²) in [6, 6.07) is 7.76. The third-order valence-corrected chi connectivity index (χ3v) is 5.48. The summed E-state index contributed by atoms with van der Waals surface area (Å²) in [7, 11) is 0. The number of nitrogens with one attached hydrogen (secondary N) is 2. The Morgan fingerprint density at radius 2 is 2.22 bits per heavy atom. The number of para-hydroxylation sites is 1. The van der Waals surface area contributed by atoms with E-state index >= 15 is 0 Å². The van der Waals surface area contributed by atoms with Crippen molar-refractivity contribution in [1.82, 2.24) is 19.8 Å². The van der Waals surface area contributed by atoms with E-state index in [9.17, 15) is 9.18 Å². The number of carbonyl (C=O) groups is 1. The number of hydrogen-bond donors (Lipinski definition) is 2. The van der Waals surface area contributed by atoms with Crippen molar-refractivity contribution in [2.45, 2.75) is 37.5 Å². The summed E-state index contributed by atoms with van der Waals surface area (Å²) in [6.45, 7) is 1.89. The van der Waals surface area contributed by atoms with E-state index in [0.717, 1.165) is 42.7 Å². The zero-order valence-corrected chi connectivity index (χ0v) is 15.1. The molecule has 1 aromatic heterocycles. The van der Waals surface area contributed by atoms with Gasteiger partial charge >= 0.3 is 0 Å².